The third kappa shape index (κ3) is 3.47. The number of nitrogens with one attached hydrogen (secondary N) is 1. The second kappa shape index (κ2) is 5.66. The van der Waals surface area contributed by atoms with Crippen LogP contribution in [0.2, 0.25) is 0 Å². The van der Waals surface area contributed by atoms with Crippen LogP contribution in [0.1, 0.15) is 19.3 Å². The molecule has 4 nitrogen and oxygen atoms in total. The van der Waals surface area contributed by atoms with Crippen LogP contribution in [-0.4, -0.2) is 29.7 Å². The summed E-state index contributed by atoms with van der Waals surface area (Å²) in [5.41, 5.74) is 0. The van der Waals surface area contributed by atoms with Crippen molar-refractivity contribution in [2.45, 2.75) is 19.3 Å². The Morgan fingerprint density at radius 2 is 2.00 bits per heavy atom. The highest BCUT2D eigenvalue weighted by Gasteiger charge is 2.12. The zero-order valence-corrected chi connectivity index (χ0v) is 8.85. The number of piperidine rings is 1. The second-order valence-corrected chi connectivity index (χ2v) is 3.86. The first-order valence-electron chi connectivity index (χ1n) is 5.55. The van der Waals surface area contributed by atoms with E-state index in [1.165, 1.54) is 12.8 Å². The first-order chi connectivity index (χ1) is 7.45. The Hall–Kier alpha value is -1.16. The molecule has 2 rings (SSSR count). The summed E-state index contributed by atoms with van der Waals surface area (Å²) in [6, 6.07) is 2.28. The third-order valence-corrected chi connectivity index (χ3v) is 2.76. The van der Waals surface area contributed by atoms with Crippen molar-refractivity contribution in [2.75, 3.05) is 19.7 Å². The van der Waals surface area contributed by atoms with Crippen molar-refractivity contribution in [3.63, 3.8) is 0 Å². The van der Waals surface area contributed by atoms with Gasteiger partial charge >= 0.3 is 6.01 Å². The Labute approximate surface area is 90.1 Å². The molecule has 1 fully saturated rings. The van der Waals surface area contributed by atoms with Crippen molar-refractivity contribution in [3.8, 4) is 6.01 Å². The van der Waals surface area contributed by atoms with Crippen LogP contribution in [0.25, 0.3) is 0 Å². The van der Waals surface area contributed by atoms with Gasteiger partial charge in [-0.25, -0.2) is 9.97 Å². The van der Waals surface area contributed by atoms with E-state index in [4.69, 9.17) is 4.74 Å². The van der Waals surface area contributed by atoms with Gasteiger partial charge in [0.1, 0.15) is 0 Å². The van der Waals surface area contributed by atoms with E-state index >= 15 is 0 Å². The Kier molecular flexibility index (Phi) is 3.91. The summed E-state index contributed by atoms with van der Waals surface area (Å²) in [4.78, 5) is 8.03. The maximum atomic E-state index is 5.47. The van der Waals surface area contributed by atoms with Gasteiger partial charge in [-0.3, -0.25) is 0 Å². The van der Waals surface area contributed by atoms with Crippen LogP contribution in [0, 0.1) is 5.92 Å². The van der Waals surface area contributed by atoms with Crippen LogP contribution in [0.15, 0.2) is 18.5 Å². The van der Waals surface area contributed by atoms with Crippen LogP contribution < -0.4 is 10.1 Å². The average Bonchev–Trinajstić information content (AvgIpc) is 2.32. The van der Waals surface area contributed by atoms with Gasteiger partial charge in [-0.05, 0) is 44.3 Å². The number of nitrogens with zero attached hydrogens (tertiary/aromatic N) is 2. The SMILES string of the molecule is c1cnc(OCCC2CCNCC2)nc1. The minimum atomic E-state index is 0.492. The molecule has 1 aromatic heterocycles. The molecule has 4 heteroatoms. The molecular weight excluding hydrogens is 190 g/mol. The smallest absolute Gasteiger partial charge is 0.316 e. The van der Waals surface area contributed by atoms with Gasteiger partial charge in [0.05, 0.1) is 6.61 Å². The fourth-order valence-electron chi connectivity index (χ4n) is 1.85. The van der Waals surface area contributed by atoms with Crippen LogP contribution in [0.3, 0.4) is 0 Å². The van der Waals surface area contributed by atoms with Crippen molar-refractivity contribution >= 4 is 0 Å². The summed E-state index contributed by atoms with van der Waals surface area (Å²) in [5.74, 6) is 0.801. The van der Waals surface area contributed by atoms with Gasteiger partial charge in [0.15, 0.2) is 0 Å². The van der Waals surface area contributed by atoms with Gasteiger partial charge in [-0.2, -0.15) is 0 Å². The molecule has 0 unspecified atom stereocenters. The highest BCUT2D eigenvalue weighted by atomic mass is 16.5. The van der Waals surface area contributed by atoms with Gasteiger partial charge in [0, 0.05) is 12.4 Å². The number of ether oxygens (including phenoxy) is 1. The van der Waals surface area contributed by atoms with Crippen molar-refractivity contribution in [1.29, 1.82) is 0 Å². The highest BCUT2D eigenvalue weighted by molar-refractivity contribution is 4.93. The zero-order valence-electron chi connectivity index (χ0n) is 8.85. The summed E-state index contributed by atoms with van der Waals surface area (Å²) in [6.07, 6.45) is 7.04. The lowest BCUT2D eigenvalue weighted by Crippen LogP contribution is -2.28. The van der Waals surface area contributed by atoms with Crippen molar-refractivity contribution < 1.29 is 4.74 Å². The molecule has 0 aliphatic carbocycles. The molecular formula is C11H17N3O. The number of rotatable bonds is 4. The molecule has 1 N–H and O–H groups in total. The van der Waals surface area contributed by atoms with E-state index in [1.54, 1.807) is 18.5 Å². The molecule has 2 heterocycles. The van der Waals surface area contributed by atoms with Gasteiger partial charge in [-0.1, -0.05) is 0 Å². The van der Waals surface area contributed by atoms with Crippen LogP contribution in [0.5, 0.6) is 6.01 Å². The van der Waals surface area contributed by atoms with Crippen LogP contribution in [-0.2, 0) is 0 Å². The Balaban J connectivity index is 1.66. The van der Waals surface area contributed by atoms with E-state index in [0.717, 1.165) is 32.0 Å². The Morgan fingerprint density at radius 1 is 1.27 bits per heavy atom. The predicted molar refractivity (Wildman–Crippen MR) is 57.7 cm³/mol. The molecule has 0 bridgehead atoms. The third-order valence-electron chi connectivity index (χ3n) is 2.76. The van der Waals surface area contributed by atoms with E-state index in [1.807, 2.05) is 0 Å². The Bertz CT molecular complexity index is 272. The van der Waals surface area contributed by atoms with Gasteiger partial charge in [-0.15, -0.1) is 0 Å². The second-order valence-electron chi connectivity index (χ2n) is 3.86. The van der Waals surface area contributed by atoms with Crippen LogP contribution in [0.4, 0.5) is 0 Å². The van der Waals surface area contributed by atoms with E-state index in [2.05, 4.69) is 15.3 Å². The van der Waals surface area contributed by atoms with Gasteiger partial charge in [0.25, 0.3) is 0 Å². The van der Waals surface area contributed by atoms with E-state index in [9.17, 15) is 0 Å². The van der Waals surface area contributed by atoms with E-state index < -0.39 is 0 Å². The normalized spacial score (nSPS) is 17.6. The number of hydrogen-bond donors (Lipinski definition) is 1. The quantitative estimate of drug-likeness (QED) is 0.807. The van der Waals surface area contributed by atoms with Crippen molar-refractivity contribution in [1.82, 2.24) is 15.3 Å². The fraction of sp³-hybridized carbons (Fsp3) is 0.636. The molecule has 15 heavy (non-hydrogen) atoms. The van der Waals surface area contributed by atoms with Gasteiger partial charge in [0.2, 0.25) is 0 Å². The summed E-state index contributed by atoms with van der Waals surface area (Å²) >= 11 is 0. The summed E-state index contributed by atoms with van der Waals surface area (Å²) in [7, 11) is 0. The molecule has 0 aromatic carbocycles. The maximum absolute atomic E-state index is 5.47. The maximum Gasteiger partial charge on any atom is 0.316 e. The highest BCUT2D eigenvalue weighted by Crippen LogP contribution is 2.15. The monoisotopic (exact) mass is 207 g/mol. The topological polar surface area (TPSA) is 47.0 Å². The summed E-state index contributed by atoms with van der Waals surface area (Å²) in [6.45, 7) is 3.02. The number of hydrogen-bond acceptors (Lipinski definition) is 4. The van der Waals surface area contributed by atoms with Crippen LogP contribution >= 0.6 is 0 Å². The van der Waals surface area contributed by atoms with E-state index in [-0.39, 0.29) is 0 Å². The fourth-order valence-corrected chi connectivity index (χ4v) is 1.85. The molecule has 0 saturated carbocycles. The first kappa shape index (κ1) is 10.4. The minimum Gasteiger partial charge on any atom is -0.463 e. The molecule has 1 saturated heterocycles. The largest absolute Gasteiger partial charge is 0.463 e. The lowest BCUT2D eigenvalue weighted by molar-refractivity contribution is 0.238. The summed E-state index contributed by atoms with van der Waals surface area (Å²) < 4.78 is 5.47. The van der Waals surface area contributed by atoms with Gasteiger partial charge < -0.3 is 10.1 Å². The minimum absolute atomic E-state index is 0.492. The molecule has 0 atom stereocenters. The molecule has 0 amide bonds. The molecule has 82 valence electrons. The lowest BCUT2D eigenvalue weighted by atomic mass is 9.95. The van der Waals surface area contributed by atoms with Crippen molar-refractivity contribution in [3.05, 3.63) is 18.5 Å². The van der Waals surface area contributed by atoms with E-state index in [0.29, 0.717) is 6.01 Å². The lowest BCUT2D eigenvalue weighted by Gasteiger charge is -2.22. The standard InChI is InChI=1S/C11H17N3O/c1-5-13-11(14-6-1)15-9-4-10-2-7-12-8-3-10/h1,5-6,10,12H,2-4,7-9H2. The molecule has 1 aliphatic rings. The summed E-state index contributed by atoms with van der Waals surface area (Å²) in [5, 5.41) is 3.36. The molecule has 1 aromatic rings. The zero-order chi connectivity index (χ0) is 10.3. The number of aromatic nitrogens is 2. The molecule has 1 aliphatic heterocycles. The molecule has 0 radical (unpaired) electrons. The first-order valence-corrected chi connectivity index (χ1v) is 5.55. The predicted octanol–water partition coefficient (Wildman–Crippen LogP) is 1.25. The average molecular weight is 207 g/mol. The van der Waals surface area contributed by atoms with Crippen molar-refractivity contribution in [2.24, 2.45) is 5.92 Å². The Morgan fingerprint density at radius 3 is 2.73 bits per heavy atom. The molecule has 0 spiro atoms.